The Labute approximate surface area is 470 Å². The summed E-state index contributed by atoms with van der Waals surface area (Å²) in [7, 11) is 4.10. The lowest BCUT2D eigenvalue weighted by Gasteiger charge is -2.33. The molecule has 0 saturated heterocycles. The van der Waals surface area contributed by atoms with Crippen molar-refractivity contribution in [3.05, 3.63) is 121 Å². The Morgan fingerprint density at radius 2 is 0.910 bits per heavy atom. The van der Waals surface area contributed by atoms with Crippen molar-refractivity contribution in [3.63, 3.8) is 0 Å². The lowest BCUT2D eigenvalue weighted by atomic mass is 9.84. The van der Waals surface area contributed by atoms with Crippen LogP contribution in [0.3, 0.4) is 0 Å². The number of hydrogen-bond donors (Lipinski definition) is 9. The molecule has 0 bridgehead atoms. The normalized spacial score (nSPS) is 16.1. The second-order valence-electron chi connectivity index (χ2n) is 18.7. The number of nitrogen functional groups attached to an aromatic ring is 1. The van der Waals surface area contributed by atoms with E-state index in [4.69, 9.17) is 69.0 Å². The van der Waals surface area contributed by atoms with E-state index in [9.17, 15) is 29.4 Å². The topological polar surface area (TPSA) is 269 Å². The summed E-state index contributed by atoms with van der Waals surface area (Å²) in [4.78, 5) is 54.2. The molecule has 6 amide bonds. The van der Waals surface area contributed by atoms with Gasteiger partial charge in [0.1, 0.15) is 0 Å². The van der Waals surface area contributed by atoms with Crippen molar-refractivity contribution >= 4 is 75.7 Å². The van der Waals surface area contributed by atoms with Crippen LogP contribution >= 0.6 is 34.8 Å². The van der Waals surface area contributed by atoms with Crippen molar-refractivity contribution in [2.75, 3.05) is 149 Å². The SMILES string of the molecule is CN1Cc2c(N)cc(Cl)cc2C(c2cccc(NC(=O)NCCOCCOCCOCCNC(=O)C(O)C(O)C(=O)NCCOCCOCCOCCNC(=O)Nc3cccc(C4CN(C)Cc5c(Cl)cc(Cl)cc54)c3)c2)C1. The van der Waals surface area contributed by atoms with Crippen LogP contribution in [-0.2, 0) is 51.1 Å². The maximum absolute atomic E-state index is 12.6. The fourth-order valence-electron chi connectivity index (χ4n) is 8.90. The molecule has 4 atom stereocenters. The number of rotatable bonds is 31. The van der Waals surface area contributed by atoms with Gasteiger partial charge in [-0.1, -0.05) is 59.1 Å². The van der Waals surface area contributed by atoms with Gasteiger partial charge >= 0.3 is 12.1 Å². The number of carbonyl (C=O) groups is 4. The van der Waals surface area contributed by atoms with Crippen molar-refractivity contribution < 1.29 is 57.8 Å². The first kappa shape index (κ1) is 61.8. The largest absolute Gasteiger partial charge is 0.398 e. The van der Waals surface area contributed by atoms with Gasteiger partial charge in [0.15, 0.2) is 12.2 Å². The van der Waals surface area contributed by atoms with Crippen molar-refractivity contribution in [2.45, 2.75) is 37.1 Å². The number of nitrogens with zero attached hydrogens (tertiary/aromatic N) is 2. The van der Waals surface area contributed by atoms with Crippen LogP contribution in [0.25, 0.3) is 0 Å². The highest BCUT2D eigenvalue weighted by Crippen LogP contribution is 2.40. The number of hydrogen-bond acceptors (Lipinski definition) is 15. The van der Waals surface area contributed by atoms with Gasteiger partial charge in [0.25, 0.3) is 11.8 Å². The first-order chi connectivity index (χ1) is 37.7. The summed E-state index contributed by atoms with van der Waals surface area (Å²) in [5.74, 6) is -1.79. The molecule has 24 heteroatoms. The van der Waals surface area contributed by atoms with Crippen LogP contribution in [0.4, 0.5) is 26.7 Å². The van der Waals surface area contributed by atoms with Crippen LogP contribution in [0.1, 0.15) is 45.2 Å². The molecule has 2 aliphatic heterocycles. The van der Waals surface area contributed by atoms with E-state index < -0.39 is 24.0 Å². The molecule has 0 spiro atoms. The zero-order valence-electron chi connectivity index (χ0n) is 44.0. The molecule has 426 valence electrons. The second-order valence-corrected chi connectivity index (χ2v) is 20.0. The predicted octanol–water partition coefficient (Wildman–Crippen LogP) is 4.38. The molecule has 0 saturated carbocycles. The number of nitrogens with two attached hydrogens (primary N) is 1. The Hall–Kier alpha value is -5.37. The number of benzene rings is 4. The number of fused-ring (bicyclic) bond motifs is 2. The van der Waals surface area contributed by atoms with Gasteiger partial charge in [-0.3, -0.25) is 9.59 Å². The number of urea groups is 2. The number of amides is 6. The Morgan fingerprint density at radius 3 is 1.35 bits per heavy atom. The fraction of sp³-hybridized carbons (Fsp3) is 0.481. The molecule has 6 rings (SSSR count). The minimum Gasteiger partial charge on any atom is -0.398 e. The predicted molar refractivity (Wildman–Crippen MR) is 299 cm³/mol. The van der Waals surface area contributed by atoms with Crippen molar-refractivity contribution in [3.8, 4) is 0 Å². The summed E-state index contributed by atoms with van der Waals surface area (Å²) in [6.45, 7) is 6.59. The Bertz CT molecular complexity index is 2420. The lowest BCUT2D eigenvalue weighted by molar-refractivity contribution is -0.146. The van der Waals surface area contributed by atoms with E-state index in [2.05, 4.69) is 41.7 Å². The molecule has 2 heterocycles. The highest BCUT2D eigenvalue weighted by atomic mass is 35.5. The third-order valence-corrected chi connectivity index (χ3v) is 13.4. The molecule has 4 unspecified atom stereocenters. The average Bonchev–Trinajstić information content (AvgIpc) is 3.43. The zero-order chi connectivity index (χ0) is 55.8. The zero-order valence-corrected chi connectivity index (χ0v) is 46.2. The summed E-state index contributed by atoms with van der Waals surface area (Å²) < 4.78 is 32.9. The van der Waals surface area contributed by atoms with Gasteiger partial charge < -0.3 is 86.1 Å². The van der Waals surface area contributed by atoms with Crippen LogP contribution in [-0.4, -0.2) is 189 Å². The maximum Gasteiger partial charge on any atom is 0.319 e. The van der Waals surface area contributed by atoms with Crippen LogP contribution in [0.15, 0.2) is 72.8 Å². The summed E-state index contributed by atoms with van der Waals surface area (Å²) in [6.07, 6.45) is -3.99. The molecule has 78 heavy (non-hydrogen) atoms. The minimum absolute atomic E-state index is 0.0228. The number of aliphatic hydroxyl groups excluding tert-OH is 2. The Kier molecular flexibility index (Phi) is 25.9. The highest BCUT2D eigenvalue weighted by molar-refractivity contribution is 6.35. The van der Waals surface area contributed by atoms with Gasteiger partial charge in [-0.15, -0.1) is 0 Å². The smallest absolute Gasteiger partial charge is 0.319 e. The first-order valence-corrected chi connectivity index (χ1v) is 26.9. The third kappa shape index (κ3) is 20.1. The molecule has 0 fully saturated rings. The quantitative estimate of drug-likeness (QED) is 0.0250. The van der Waals surface area contributed by atoms with Gasteiger partial charge in [-0.25, -0.2) is 9.59 Å². The van der Waals surface area contributed by atoms with E-state index in [1.807, 2.05) is 74.8 Å². The first-order valence-electron chi connectivity index (χ1n) is 25.8. The molecular weight excluding hydrogens is 1070 g/mol. The summed E-state index contributed by atoms with van der Waals surface area (Å²) in [6, 6.07) is 22.2. The number of anilines is 3. The molecule has 4 aromatic carbocycles. The monoisotopic (exact) mass is 1140 g/mol. The summed E-state index contributed by atoms with van der Waals surface area (Å²) in [5.41, 5.74) is 14.7. The summed E-state index contributed by atoms with van der Waals surface area (Å²) >= 11 is 19.2. The van der Waals surface area contributed by atoms with Gasteiger partial charge in [0.2, 0.25) is 0 Å². The molecule has 0 aliphatic carbocycles. The van der Waals surface area contributed by atoms with E-state index >= 15 is 0 Å². The summed E-state index contributed by atoms with van der Waals surface area (Å²) in [5, 5.41) is 38.3. The van der Waals surface area contributed by atoms with Crippen molar-refractivity contribution in [1.82, 2.24) is 31.1 Å². The number of halogens is 3. The number of nitrogens with one attached hydrogen (secondary N) is 6. The van der Waals surface area contributed by atoms with Crippen molar-refractivity contribution in [2.24, 2.45) is 0 Å². The number of ether oxygens (including phenoxy) is 6. The van der Waals surface area contributed by atoms with Gasteiger partial charge in [0.05, 0.1) is 79.3 Å². The molecule has 21 nitrogen and oxygen atoms in total. The number of likely N-dealkylation sites (N-methyl/N-ethyl adjacent to an activating group) is 2. The molecular formula is C54H72Cl3N9O12. The van der Waals surface area contributed by atoms with E-state index in [-0.39, 0.29) is 103 Å². The van der Waals surface area contributed by atoms with Crippen LogP contribution in [0.5, 0.6) is 0 Å². The standard InChI is InChI=1S/C54H72Cl3N9O12/c1-65-31-43(41-27-37(55)29-47(57)45(41)33-65)35-5-3-7-39(25-35)63-53(71)61-11-15-75-19-23-77-21-17-73-13-9-59-51(69)49(67)50(68)52(70)60-10-14-74-18-22-78-24-20-76-16-12-62-54(72)64-40-8-4-6-36(26-40)44-32-66(2)34-46-42(44)28-38(56)30-48(46)58/h3-8,25-30,43-44,49-50,67-68H,9-24,31-34,58H2,1-2H3,(H,59,69)(H,60,70)(H2,61,63,71)(H2,62,64,72). The van der Waals surface area contributed by atoms with Gasteiger partial charge in [-0.05, 0) is 96.0 Å². The molecule has 2 aliphatic rings. The molecule has 10 N–H and O–H groups in total. The van der Waals surface area contributed by atoms with Crippen LogP contribution < -0.4 is 37.6 Å². The second kappa shape index (κ2) is 32.6. The molecule has 0 aromatic heterocycles. The Balaban J connectivity index is 0.689. The minimum atomic E-state index is -1.99. The number of carbonyl (C=O) groups excluding carboxylic acids is 4. The van der Waals surface area contributed by atoms with E-state index in [1.54, 1.807) is 12.1 Å². The lowest BCUT2D eigenvalue weighted by Crippen LogP contribution is -2.50. The third-order valence-electron chi connectivity index (χ3n) is 12.6. The Morgan fingerprint density at radius 1 is 0.538 bits per heavy atom. The average molecular weight is 1150 g/mol. The van der Waals surface area contributed by atoms with E-state index in [0.717, 1.165) is 59.6 Å². The van der Waals surface area contributed by atoms with Crippen molar-refractivity contribution in [1.29, 1.82) is 0 Å². The highest BCUT2D eigenvalue weighted by Gasteiger charge is 2.31. The van der Waals surface area contributed by atoms with Gasteiger partial charge in [0, 0.05) is 96.3 Å². The molecule has 0 radical (unpaired) electrons. The fourth-order valence-corrected chi connectivity index (χ4v) is 9.70. The van der Waals surface area contributed by atoms with E-state index in [1.165, 1.54) is 0 Å². The van der Waals surface area contributed by atoms with Crippen LogP contribution in [0.2, 0.25) is 15.1 Å². The number of aliphatic hydroxyl groups is 2. The van der Waals surface area contributed by atoms with E-state index in [0.29, 0.717) is 58.6 Å². The van der Waals surface area contributed by atoms with Gasteiger partial charge in [-0.2, -0.15) is 0 Å². The maximum atomic E-state index is 12.6. The van der Waals surface area contributed by atoms with Crippen LogP contribution in [0, 0.1) is 0 Å². The molecule has 4 aromatic rings.